The summed E-state index contributed by atoms with van der Waals surface area (Å²) in [5.41, 5.74) is 0.0941. The van der Waals surface area contributed by atoms with Crippen LogP contribution in [0, 0.1) is 11.3 Å². The smallest absolute Gasteiger partial charge is 0.0673 e. The summed E-state index contributed by atoms with van der Waals surface area (Å²) in [7, 11) is 0. The SMILES string of the molecule is CC1CN(CC2CCCC(C)(C)C2O)CCCO1. The second-order valence-electron chi connectivity index (χ2n) is 6.88. The molecule has 2 aliphatic rings. The van der Waals surface area contributed by atoms with E-state index in [2.05, 4.69) is 25.7 Å². The van der Waals surface area contributed by atoms with Crippen molar-refractivity contribution in [2.45, 2.75) is 58.7 Å². The molecule has 1 aliphatic heterocycles. The van der Waals surface area contributed by atoms with Gasteiger partial charge in [0.1, 0.15) is 0 Å². The Labute approximate surface area is 112 Å². The zero-order valence-corrected chi connectivity index (χ0v) is 12.2. The topological polar surface area (TPSA) is 32.7 Å². The zero-order valence-electron chi connectivity index (χ0n) is 12.2. The van der Waals surface area contributed by atoms with Gasteiger partial charge in [0, 0.05) is 26.2 Å². The molecule has 0 aromatic heterocycles. The minimum Gasteiger partial charge on any atom is -0.392 e. The number of ether oxygens (including phenoxy) is 1. The van der Waals surface area contributed by atoms with E-state index in [0.717, 1.165) is 39.1 Å². The monoisotopic (exact) mass is 255 g/mol. The molecule has 3 nitrogen and oxygen atoms in total. The molecule has 0 amide bonds. The summed E-state index contributed by atoms with van der Waals surface area (Å²) < 4.78 is 5.69. The van der Waals surface area contributed by atoms with Gasteiger partial charge in [-0.25, -0.2) is 0 Å². The van der Waals surface area contributed by atoms with Gasteiger partial charge in [-0.2, -0.15) is 0 Å². The number of hydrogen-bond acceptors (Lipinski definition) is 3. The molecule has 0 aromatic rings. The summed E-state index contributed by atoms with van der Waals surface area (Å²) in [5.74, 6) is 0.444. The Morgan fingerprint density at radius 1 is 1.33 bits per heavy atom. The third-order valence-electron chi connectivity index (χ3n) is 4.67. The van der Waals surface area contributed by atoms with Gasteiger partial charge in [0.25, 0.3) is 0 Å². The zero-order chi connectivity index (χ0) is 13.2. The molecule has 2 rings (SSSR count). The van der Waals surface area contributed by atoms with E-state index in [1.807, 2.05) is 0 Å². The number of aliphatic hydroxyl groups excluding tert-OH is 1. The van der Waals surface area contributed by atoms with E-state index in [0.29, 0.717) is 12.0 Å². The first-order valence-electron chi connectivity index (χ1n) is 7.51. The number of rotatable bonds is 2. The predicted molar refractivity (Wildman–Crippen MR) is 73.6 cm³/mol. The van der Waals surface area contributed by atoms with Crippen LogP contribution in [0.15, 0.2) is 0 Å². The van der Waals surface area contributed by atoms with Crippen LogP contribution in [0.2, 0.25) is 0 Å². The second kappa shape index (κ2) is 5.89. The molecule has 3 atom stereocenters. The highest BCUT2D eigenvalue weighted by molar-refractivity contribution is 4.89. The Hall–Kier alpha value is -0.120. The lowest BCUT2D eigenvalue weighted by molar-refractivity contribution is -0.0445. The molecule has 1 saturated carbocycles. The average molecular weight is 255 g/mol. The molecular formula is C15H29NO2. The fourth-order valence-corrected chi connectivity index (χ4v) is 3.53. The van der Waals surface area contributed by atoms with Crippen LogP contribution >= 0.6 is 0 Å². The minimum absolute atomic E-state index is 0.0941. The lowest BCUT2D eigenvalue weighted by atomic mass is 9.69. The normalized spacial score (nSPS) is 38.3. The molecule has 1 heterocycles. The van der Waals surface area contributed by atoms with Crippen molar-refractivity contribution >= 4 is 0 Å². The van der Waals surface area contributed by atoms with Crippen LogP contribution in [0.25, 0.3) is 0 Å². The Bertz CT molecular complexity index is 267. The van der Waals surface area contributed by atoms with Crippen LogP contribution in [0.1, 0.15) is 46.5 Å². The van der Waals surface area contributed by atoms with Gasteiger partial charge in [0.15, 0.2) is 0 Å². The van der Waals surface area contributed by atoms with Crippen molar-refractivity contribution in [1.82, 2.24) is 4.90 Å². The lowest BCUT2D eigenvalue weighted by Crippen LogP contribution is -2.46. The van der Waals surface area contributed by atoms with Crippen LogP contribution in [0.5, 0.6) is 0 Å². The first-order chi connectivity index (χ1) is 8.49. The van der Waals surface area contributed by atoms with Crippen molar-refractivity contribution in [3.63, 3.8) is 0 Å². The van der Waals surface area contributed by atoms with Gasteiger partial charge in [-0.1, -0.05) is 20.3 Å². The van der Waals surface area contributed by atoms with E-state index >= 15 is 0 Å². The Balaban J connectivity index is 1.91. The second-order valence-corrected chi connectivity index (χ2v) is 6.88. The van der Waals surface area contributed by atoms with Crippen LogP contribution in [0.3, 0.4) is 0 Å². The molecule has 106 valence electrons. The van der Waals surface area contributed by atoms with Crippen molar-refractivity contribution in [2.24, 2.45) is 11.3 Å². The first-order valence-corrected chi connectivity index (χ1v) is 7.51. The molecule has 3 unspecified atom stereocenters. The summed E-state index contributed by atoms with van der Waals surface area (Å²) >= 11 is 0. The summed E-state index contributed by atoms with van der Waals surface area (Å²) in [4.78, 5) is 2.49. The van der Waals surface area contributed by atoms with E-state index < -0.39 is 0 Å². The highest BCUT2D eigenvalue weighted by atomic mass is 16.5. The fraction of sp³-hybridized carbons (Fsp3) is 1.00. The molecule has 0 spiro atoms. The third-order valence-corrected chi connectivity index (χ3v) is 4.67. The van der Waals surface area contributed by atoms with Gasteiger partial charge < -0.3 is 14.7 Å². The van der Waals surface area contributed by atoms with E-state index in [1.54, 1.807) is 0 Å². The van der Waals surface area contributed by atoms with Gasteiger partial charge in [-0.3, -0.25) is 0 Å². The van der Waals surface area contributed by atoms with Gasteiger partial charge in [-0.05, 0) is 37.5 Å². The van der Waals surface area contributed by atoms with Gasteiger partial charge in [-0.15, -0.1) is 0 Å². The largest absolute Gasteiger partial charge is 0.392 e. The van der Waals surface area contributed by atoms with Crippen molar-refractivity contribution < 1.29 is 9.84 Å². The lowest BCUT2D eigenvalue weighted by Gasteiger charge is -2.42. The summed E-state index contributed by atoms with van der Waals surface area (Å²) in [6.07, 6.45) is 4.90. The highest BCUT2D eigenvalue weighted by Gasteiger charge is 2.38. The molecule has 3 heteroatoms. The predicted octanol–water partition coefficient (Wildman–Crippen LogP) is 2.28. The van der Waals surface area contributed by atoms with E-state index in [-0.39, 0.29) is 11.5 Å². The maximum absolute atomic E-state index is 10.5. The molecule has 0 bridgehead atoms. The van der Waals surface area contributed by atoms with Crippen LogP contribution < -0.4 is 0 Å². The minimum atomic E-state index is -0.147. The summed E-state index contributed by atoms with van der Waals surface area (Å²) in [5, 5.41) is 10.5. The quantitative estimate of drug-likeness (QED) is 0.822. The molecule has 1 aliphatic carbocycles. The summed E-state index contributed by atoms with van der Waals surface area (Å²) in [6.45, 7) is 10.6. The van der Waals surface area contributed by atoms with Crippen LogP contribution in [0.4, 0.5) is 0 Å². The van der Waals surface area contributed by atoms with Gasteiger partial charge in [0.2, 0.25) is 0 Å². The van der Waals surface area contributed by atoms with E-state index in [9.17, 15) is 5.11 Å². The average Bonchev–Trinajstić information content (AvgIpc) is 2.49. The molecule has 18 heavy (non-hydrogen) atoms. The molecule has 1 saturated heterocycles. The number of hydrogen-bond donors (Lipinski definition) is 1. The highest BCUT2D eigenvalue weighted by Crippen LogP contribution is 2.39. The van der Waals surface area contributed by atoms with Gasteiger partial charge >= 0.3 is 0 Å². The van der Waals surface area contributed by atoms with E-state index in [1.165, 1.54) is 12.8 Å². The molecule has 0 aromatic carbocycles. The Morgan fingerprint density at radius 2 is 2.11 bits per heavy atom. The molecule has 1 N–H and O–H groups in total. The van der Waals surface area contributed by atoms with Crippen molar-refractivity contribution in [1.29, 1.82) is 0 Å². The fourth-order valence-electron chi connectivity index (χ4n) is 3.53. The summed E-state index contributed by atoms with van der Waals surface area (Å²) in [6, 6.07) is 0. The molecular weight excluding hydrogens is 226 g/mol. The number of nitrogens with zero attached hydrogens (tertiary/aromatic N) is 1. The molecule has 2 fully saturated rings. The third kappa shape index (κ3) is 3.46. The Morgan fingerprint density at radius 3 is 2.89 bits per heavy atom. The standard InChI is InChI=1S/C15H29NO2/c1-12-10-16(8-5-9-18-12)11-13-6-4-7-15(2,3)14(13)17/h12-14,17H,4-11H2,1-3H3. The maximum atomic E-state index is 10.5. The number of aliphatic hydroxyl groups is 1. The van der Waals surface area contributed by atoms with Crippen molar-refractivity contribution in [2.75, 3.05) is 26.2 Å². The first kappa shape index (κ1) is 14.3. The molecule has 0 radical (unpaired) electrons. The maximum Gasteiger partial charge on any atom is 0.0673 e. The van der Waals surface area contributed by atoms with Crippen molar-refractivity contribution in [3.8, 4) is 0 Å². The van der Waals surface area contributed by atoms with Crippen LogP contribution in [-0.2, 0) is 4.74 Å². The van der Waals surface area contributed by atoms with Crippen LogP contribution in [-0.4, -0.2) is 48.5 Å². The van der Waals surface area contributed by atoms with Crippen molar-refractivity contribution in [3.05, 3.63) is 0 Å². The van der Waals surface area contributed by atoms with Gasteiger partial charge in [0.05, 0.1) is 12.2 Å². The van der Waals surface area contributed by atoms with E-state index in [4.69, 9.17) is 4.74 Å². The Kier molecular flexibility index (Phi) is 4.68.